The van der Waals surface area contributed by atoms with E-state index in [1.54, 1.807) is 12.1 Å². The Hall–Kier alpha value is 0.354. The summed E-state index contributed by atoms with van der Waals surface area (Å²) in [4.78, 5) is 0. The Morgan fingerprint density at radius 2 is 0.909 bits per heavy atom. The molecule has 0 aromatic carbocycles. The van der Waals surface area contributed by atoms with Gasteiger partial charge in [-0.2, -0.15) is 0 Å². The molecule has 0 radical (unpaired) electrons. The van der Waals surface area contributed by atoms with Crippen LogP contribution < -0.4 is 0 Å². The summed E-state index contributed by atoms with van der Waals surface area (Å²) in [5, 5.41) is 0. The van der Waals surface area contributed by atoms with Gasteiger partial charge >= 0.3 is 0 Å². The molecule has 2 aliphatic heterocycles. The summed E-state index contributed by atoms with van der Waals surface area (Å²) >= 11 is 0. The van der Waals surface area contributed by atoms with Gasteiger partial charge in [0.15, 0.2) is 0 Å². The minimum absolute atomic E-state index is 0.709. The van der Waals surface area contributed by atoms with E-state index in [0.717, 1.165) is 24.2 Å². The average molecular weight is 341 g/mol. The zero-order chi connectivity index (χ0) is 16.3. The van der Waals surface area contributed by atoms with Crippen LogP contribution in [0.5, 0.6) is 0 Å². The Bertz CT molecular complexity index is 287. The standard InChI is InChI=1S/C18H40N2Si2/c1-15-9-7-10-16(2)19(15)21(5)13-14-22(6)20-17(3)11-8-12-18(20)4/h15-18,21-22H,7-14H2,1-6H3. The van der Waals surface area contributed by atoms with E-state index in [4.69, 9.17) is 0 Å². The van der Waals surface area contributed by atoms with Crippen molar-refractivity contribution in [3.05, 3.63) is 0 Å². The van der Waals surface area contributed by atoms with Gasteiger partial charge in [0.1, 0.15) is 17.9 Å². The van der Waals surface area contributed by atoms with Gasteiger partial charge in [0.25, 0.3) is 0 Å². The zero-order valence-electron chi connectivity index (χ0n) is 16.0. The van der Waals surface area contributed by atoms with Gasteiger partial charge in [0.2, 0.25) is 0 Å². The molecule has 0 aliphatic carbocycles. The van der Waals surface area contributed by atoms with E-state index in [0.29, 0.717) is 0 Å². The molecule has 2 heterocycles. The van der Waals surface area contributed by atoms with Gasteiger partial charge in [-0.05, 0) is 37.8 Å². The molecule has 6 atom stereocenters. The lowest BCUT2D eigenvalue weighted by Gasteiger charge is -2.45. The predicted molar refractivity (Wildman–Crippen MR) is 105 cm³/mol. The highest BCUT2D eigenvalue weighted by Gasteiger charge is 2.32. The molecule has 2 saturated heterocycles. The first kappa shape index (κ1) is 18.7. The second kappa shape index (κ2) is 8.45. The fourth-order valence-electron chi connectivity index (χ4n) is 5.40. The average Bonchev–Trinajstić information content (AvgIpc) is 2.44. The molecular weight excluding hydrogens is 300 g/mol. The van der Waals surface area contributed by atoms with Gasteiger partial charge in [-0.15, -0.1) is 0 Å². The Morgan fingerprint density at radius 1 is 0.636 bits per heavy atom. The van der Waals surface area contributed by atoms with Crippen LogP contribution in [0.1, 0.15) is 66.2 Å². The molecule has 2 rings (SSSR count). The first-order valence-corrected chi connectivity index (χ1v) is 14.9. The number of piperidine rings is 2. The summed E-state index contributed by atoms with van der Waals surface area (Å²) in [5.74, 6) is 0. The van der Waals surface area contributed by atoms with Gasteiger partial charge in [-0.3, -0.25) is 0 Å². The summed E-state index contributed by atoms with van der Waals surface area (Å²) < 4.78 is 5.93. The highest BCUT2D eigenvalue weighted by molar-refractivity contribution is 6.60. The van der Waals surface area contributed by atoms with Gasteiger partial charge in [0.05, 0.1) is 0 Å². The molecule has 2 nitrogen and oxygen atoms in total. The summed E-state index contributed by atoms with van der Waals surface area (Å²) in [7, 11) is -1.42. The molecule has 2 fully saturated rings. The predicted octanol–water partition coefficient (Wildman–Crippen LogP) is 4.22. The van der Waals surface area contributed by atoms with E-state index in [2.05, 4.69) is 49.9 Å². The minimum atomic E-state index is -0.709. The van der Waals surface area contributed by atoms with Crippen LogP contribution in [0.4, 0.5) is 0 Å². The summed E-state index contributed by atoms with van der Waals surface area (Å²) in [6, 6.07) is 6.53. The van der Waals surface area contributed by atoms with Crippen molar-refractivity contribution in [1.29, 1.82) is 0 Å². The normalized spacial score (nSPS) is 37.9. The lowest BCUT2D eigenvalue weighted by Crippen LogP contribution is -2.53. The lowest BCUT2D eigenvalue weighted by atomic mass is 10.0. The Balaban J connectivity index is 1.85. The Morgan fingerprint density at radius 3 is 1.18 bits per heavy atom. The third-order valence-corrected chi connectivity index (χ3v) is 13.6. The first-order chi connectivity index (χ1) is 10.4. The second-order valence-electron chi connectivity index (χ2n) is 8.43. The van der Waals surface area contributed by atoms with E-state index >= 15 is 0 Å². The maximum Gasteiger partial charge on any atom is 0.109 e. The Labute approximate surface area is 143 Å². The topological polar surface area (TPSA) is 6.48 Å². The number of hydrogen-bond donors (Lipinski definition) is 0. The van der Waals surface area contributed by atoms with Crippen LogP contribution in [0.25, 0.3) is 0 Å². The van der Waals surface area contributed by atoms with E-state index in [-0.39, 0.29) is 0 Å². The number of rotatable bonds is 5. The highest BCUT2D eigenvalue weighted by Crippen LogP contribution is 2.28. The molecule has 4 heteroatoms. The third-order valence-electron chi connectivity index (χ3n) is 6.54. The van der Waals surface area contributed by atoms with E-state index in [9.17, 15) is 0 Å². The zero-order valence-corrected chi connectivity index (χ0v) is 18.3. The van der Waals surface area contributed by atoms with Crippen LogP contribution in [0, 0.1) is 0 Å². The Kier molecular flexibility index (Phi) is 7.18. The molecule has 0 saturated carbocycles. The molecule has 130 valence electrons. The molecule has 22 heavy (non-hydrogen) atoms. The third kappa shape index (κ3) is 4.46. The molecule has 0 aromatic heterocycles. The SMILES string of the molecule is CC1CCCC(C)N1[SiH](C)CC[SiH](C)N1C(C)CCCC1C. The van der Waals surface area contributed by atoms with Crippen molar-refractivity contribution < 1.29 is 0 Å². The van der Waals surface area contributed by atoms with Crippen LogP contribution >= 0.6 is 0 Å². The monoisotopic (exact) mass is 340 g/mol. The van der Waals surface area contributed by atoms with Crippen LogP contribution in [-0.4, -0.2) is 51.2 Å². The molecule has 6 unspecified atom stereocenters. The van der Waals surface area contributed by atoms with Crippen molar-refractivity contribution in [1.82, 2.24) is 9.13 Å². The maximum atomic E-state index is 2.97. The molecule has 0 aromatic rings. The van der Waals surface area contributed by atoms with Crippen molar-refractivity contribution >= 4 is 17.9 Å². The molecule has 0 spiro atoms. The van der Waals surface area contributed by atoms with Crippen molar-refractivity contribution in [2.75, 3.05) is 0 Å². The fourth-order valence-corrected chi connectivity index (χ4v) is 13.9. The highest BCUT2D eigenvalue weighted by atomic mass is 28.3. The largest absolute Gasteiger partial charge is 0.322 e. The number of nitrogens with zero attached hydrogens (tertiary/aromatic N) is 2. The van der Waals surface area contributed by atoms with Crippen molar-refractivity contribution in [3.63, 3.8) is 0 Å². The van der Waals surface area contributed by atoms with Gasteiger partial charge in [0, 0.05) is 24.2 Å². The molecule has 0 N–H and O–H groups in total. The van der Waals surface area contributed by atoms with Gasteiger partial charge in [-0.25, -0.2) is 0 Å². The van der Waals surface area contributed by atoms with Crippen LogP contribution in [-0.2, 0) is 0 Å². The fraction of sp³-hybridized carbons (Fsp3) is 1.00. The van der Waals surface area contributed by atoms with Crippen LogP contribution in [0.3, 0.4) is 0 Å². The smallest absolute Gasteiger partial charge is 0.109 e. The van der Waals surface area contributed by atoms with Crippen LogP contribution in [0.2, 0.25) is 25.2 Å². The molecule has 2 aliphatic rings. The van der Waals surface area contributed by atoms with E-state index < -0.39 is 17.9 Å². The minimum Gasteiger partial charge on any atom is -0.322 e. The second-order valence-corrected chi connectivity index (χ2v) is 14.2. The van der Waals surface area contributed by atoms with Gasteiger partial charge < -0.3 is 9.13 Å². The lowest BCUT2D eigenvalue weighted by molar-refractivity contribution is 0.197. The first-order valence-electron chi connectivity index (χ1n) is 9.96. The van der Waals surface area contributed by atoms with E-state index in [1.165, 1.54) is 38.5 Å². The maximum absolute atomic E-state index is 2.97. The molecular formula is C18H40N2Si2. The van der Waals surface area contributed by atoms with E-state index in [1.807, 2.05) is 0 Å². The summed E-state index contributed by atoms with van der Waals surface area (Å²) in [5.41, 5.74) is 0. The molecule has 0 amide bonds. The molecule has 0 bridgehead atoms. The van der Waals surface area contributed by atoms with Crippen molar-refractivity contribution in [2.24, 2.45) is 0 Å². The summed E-state index contributed by atoms with van der Waals surface area (Å²) in [6.07, 6.45) is 8.66. The summed E-state index contributed by atoms with van der Waals surface area (Å²) in [6.45, 7) is 15.2. The van der Waals surface area contributed by atoms with Gasteiger partial charge in [-0.1, -0.05) is 53.6 Å². The number of hydrogen-bond acceptors (Lipinski definition) is 2. The van der Waals surface area contributed by atoms with Crippen LogP contribution in [0.15, 0.2) is 0 Å². The quantitative estimate of drug-likeness (QED) is 0.691. The van der Waals surface area contributed by atoms with Crippen molar-refractivity contribution in [2.45, 2.75) is 116 Å². The van der Waals surface area contributed by atoms with Crippen molar-refractivity contribution in [3.8, 4) is 0 Å².